The van der Waals surface area contributed by atoms with Crippen LogP contribution in [0.25, 0.3) is 0 Å². The first-order valence-corrected chi connectivity index (χ1v) is 8.73. The van der Waals surface area contributed by atoms with Gasteiger partial charge in [-0.2, -0.15) is 5.26 Å². The summed E-state index contributed by atoms with van der Waals surface area (Å²) in [7, 11) is 0. The molecule has 4 nitrogen and oxygen atoms in total. The number of nitrogens with zero attached hydrogens (tertiary/aromatic N) is 3. The molecule has 0 radical (unpaired) electrons. The second-order valence-electron chi connectivity index (χ2n) is 6.60. The molecule has 128 valence electrons. The molecular weight excluding hydrogens is 310 g/mol. The van der Waals surface area contributed by atoms with E-state index in [9.17, 15) is 4.79 Å². The van der Waals surface area contributed by atoms with Crippen molar-refractivity contribution in [3.8, 4) is 6.07 Å². The third kappa shape index (κ3) is 4.46. The molecule has 0 unspecified atom stereocenters. The summed E-state index contributed by atoms with van der Waals surface area (Å²) in [5.41, 5.74) is 3.72. The molecule has 3 rings (SSSR count). The fourth-order valence-electron chi connectivity index (χ4n) is 3.19. The minimum Gasteiger partial charge on any atom is -0.337 e. The molecule has 1 saturated heterocycles. The standard InChI is InChI=1S/C21H23N3O/c1-17-6-8-18(9-7-17)16-23-10-3-11-24(13-12-23)21(25)20-5-2-4-19(14-20)15-22/h2,4-9,14H,3,10-13,16H2,1H3. The van der Waals surface area contributed by atoms with E-state index in [0.717, 1.165) is 39.1 Å². The molecule has 0 N–H and O–H groups in total. The fraction of sp³-hybridized carbons (Fsp3) is 0.333. The van der Waals surface area contributed by atoms with Gasteiger partial charge in [-0.05, 0) is 37.1 Å². The quantitative estimate of drug-likeness (QED) is 0.866. The van der Waals surface area contributed by atoms with E-state index >= 15 is 0 Å². The average Bonchev–Trinajstić information content (AvgIpc) is 2.88. The van der Waals surface area contributed by atoms with Crippen LogP contribution in [0.4, 0.5) is 0 Å². The van der Waals surface area contributed by atoms with Gasteiger partial charge in [-0.3, -0.25) is 9.69 Å². The van der Waals surface area contributed by atoms with Crippen molar-refractivity contribution in [3.63, 3.8) is 0 Å². The molecule has 2 aromatic carbocycles. The first kappa shape index (κ1) is 17.2. The fourth-order valence-corrected chi connectivity index (χ4v) is 3.19. The molecule has 0 spiro atoms. The topological polar surface area (TPSA) is 47.3 Å². The van der Waals surface area contributed by atoms with Crippen molar-refractivity contribution in [2.24, 2.45) is 0 Å². The molecule has 1 aliphatic rings. The molecule has 0 aromatic heterocycles. The van der Waals surface area contributed by atoms with Crippen LogP contribution in [-0.4, -0.2) is 41.9 Å². The van der Waals surface area contributed by atoms with Gasteiger partial charge in [-0.15, -0.1) is 0 Å². The third-order valence-electron chi connectivity index (χ3n) is 4.64. The lowest BCUT2D eigenvalue weighted by atomic mass is 10.1. The number of amides is 1. The molecule has 0 atom stereocenters. The number of hydrogen-bond acceptors (Lipinski definition) is 3. The van der Waals surface area contributed by atoms with Gasteiger partial charge in [-0.1, -0.05) is 35.9 Å². The Morgan fingerprint density at radius 1 is 1.08 bits per heavy atom. The molecule has 0 bridgehead atoms. The number of hydrogen-bond donors (Lipinski definition) is 0. The summed E-state index contributed by atoms with van der Waals surface area (Å²) in [5, 5.41) is 9.01. The van der Waals surface area contributed by atoms with E-state index in [1.807, 2.05) is 4.90 Å². The second kappa shape index (κ2) is 7.96. The normalized spacial score (nSPS) is 15.4. The van der Waals surface area contributed by atoms with Crippen LogP contribution in [0.3, 0.4) is 0 Å². The number of benzene rings is 2. The van der Waals surface area contributed by atoms with E-state index in [1.165, 1.54) is 11.1 Å². The Kier molecular flexibility index (Phi) is 5.47. The molecular formula is C21H23N3O. The molecule has 2 aromatic rings. The van der Waals surface area contributed by atoms with Crippen molar-refractivity contribution in [3.05, 3.63) is 70.8 Å². The molecule has 25 heavy (non-hydrogen) atoms. The molecule has 4 heteroatoms. The van der Waals surface area contributed by atoms with Gasteiger partial charge < -0.3 is 4.90 Å². The number of nitriles is 1. The summed E-state index contributed by atoms with van der Waals surface area (Å²) in [6, 6.07) is 17.7. The van der Waals surface area contributed by atoms with Crippen LogP contribution in [0.5, 0.6) is 0 Å². The Hall–Kier alpha value is -2.64. The van der Waals surface area contributed by atoms with E-state index in [-0.39, 0.29) is 5.91 Å². The lowest BCUT2D eigenvalue weighted by Crippen LogP contribution is -2.35. The largest absolute Gasteiger partial charge is 0.337 e. The molecule has 1 amide bonds. The average molecular weight is 333 g/mol. The van der Waals surface area contributed by atoms with E-state index in [2.05, 4.69) is 42.2 Å². The maximum absolute atomic E-state index is 12.7. The van der Waals surface area contributed by atoms with E-state index in [0.29, 0.717) is 11.1 Å². The van der Waals surface area contributed by atoms with Crippen LogP contribution >= 0.6 is 0 Å². The first-order valence-electron chi connectivity index (χ1n) is 8.73. The lowest BCUT2D eigenvalue weighted by molar-refractivity contribution is 0.0761. The Bertz CT molecular complexity index is 776. The highest BCUT2D eigenvalue weighted by Gasteiger charge is 2.20. The van der Waals surface area contributed by atoms with Crippen LogP contribution in [0.1, 0.15) is 33.5 Å². The van der Waals surface area contributed by atoms with Crippen LogP contribution in [0, 0.1) is 18.3 Å². The Morgan fingerprint density at radius 3 is 2.64 bits per heavy atom. The number of aryl methyl sites for hydroxylation is 1. The van der Waals surface area contributed by atoms with Crippen molar-refractivity contribution >= 4 is 5.91 Å². The van der Waals surface area contributed by atoms with E-state index in [4.69, 9.17) is 5.26 Å². The smallest absolute Gasteiger partial charge is 0.253 e. The van der Waals surface area contributed by atoms with Crippen molar-refractivity contribution < 1.29 is 4.79 Å². The van der Waals surface area contributed by atoms with Gasteiger partial charge in [-0.25, -0.2) is 0 Å². The first-order chi connectivity index (χ1) is 12.2. The predicted octanol–water partition coefficient (Wildman–Crippen LogP) is 3.21. The number of carbonyl (C=O) groups excluding carboxylic acids is 1. The maximum Gasteiger partial charge on any atom is 0.253 e. The van der Waals surface area contributed by atoms with Gasteiger partial charge in [0.05, 0.1) is 11.6 Å². The van der Waals surface area contributed by atoms with Crippen molar-refractivity contribution in [1.29, 1.82) is 5.26 Å². The van der Waals surface area contributed by atoms with Crippen LogP contribution in [0.15, 0.2) is 48.5 Å². The molecule has 1 heterocycles. The highest BCUT2D eigenvalue weighted by Crippen LogP contribution is 2.13. The Morgan fingerprint density at radius 2 is 1.88 bits per heavy atom. The zero-order valence-electron chi connectivity index (χ0n) is 14.6. The van der Waals surface area contributed by atoms with Crippen LogP contribution in [0.2, 0.25) is 0 Å². The van der Waals surface area contributed by atoms with Crippen molar-refractivity contribution in [2.75, 3.05) is 26.2 Å². The summed E-state index contributed by atoms with van der Waals surface area (Å²) in [6.45, 7) is 6.38. The van der Waals surface area contributed by atoms with Crippen LogP contribution in [-0.2, 0) is 6.54 Å². The lowest BCUT2D eigenvalue weighted by Gasteiger charge is -2.22. The SMILES string of the molecule is Cc1ccc(CN2CCCN(C(=O)c3cccc(C#N)c3)CC2)cc1. The van der Waals surface area contributed by atoms with Gasteiger partial charge in [0.1, 0.15) is 0 Å². The summed E-state index contributed by atoms with van der Waals surface area (Å²) < 4.78 is 0. The van der Waals surface area contributed by atoms with E-state index in [1.54, 1.807) is 24.3 Å². The maximum atomic E-state index is 12.7. The molecule has 0 saturated carbocycles. The molecule has 0 aliphatic carbocycles. The van der Waals surface area contributed by atoms with Gasteiger partial charge in [0.25, 0.3) is 5.91 Å². The third-order valence-corrected chi connectivity index (χ3v) is 4.64. The van der Waals surface area contributed by atoms with Gasteiger partial charge in [0.2, 0.25) is 0 Å². The highest BCUT2D eigenvalue weighted by atomic mass is 16.2. The van der Waals surface area contributed by atoms with Crippen molar-refractivity contribution in [1.82, 2.24) is 9.80 Å². The Labute approximate surface area is 149 Å². The minimum atomic E-state index is 0.0225. The second-order valence-corrected chi connectivity index (χ2v) is 6.60. The molecule has 1 aliphatic heterocycles. The summed E-state index contributed by atoms with van der Waals surface area (Å²) in [5.74, 6) is 0.0225. The minimum absolute atomic E-state index is 0.0225. The summed E-state index contributed by atoms with van der Waals surface area (Å²) in [6.07, 6.45) is 0.968. The number of carbonyl (C=O) groups is 1. The van der Waals surface area contributed by atoms with Gasteiger partial charge in [0.15, 0.2) is 0 Å². The van der Waals surface area contributed by atoms with Crippen LogP contribution < -0.4 is 0 Å². The zero-order chi connectivity index (χ0) is 17.6. The summed E-state index contributed by atoms with van der Waals surface area (Å²) >= 11 is 0. The molecule has 1 fully saturated rings. The van der Waals surface area contributed by atoms with Gasteiger partial charge >= 0.3 is 0 Å². The van der Waals surface area contributed by atoms with Gasteiger partial charge in [0, 0.05) is 38.3 Å². The predicted molar refractivity (Wildman–Crippen MR) is 98.1 cm³/mol. The summed E-state index contributed by atoms with van der Waals surface area (Å²) in [4.78, 5) is 17.0. The van der Waals surface area contributed by atoms with E-state index < -0.39 is 0 Å². The zero-order valence-corrected chi connectivity index (χ0v) is 14.6. The highest BCUT2D eigenvalue weighted by molar-refractivity contribution is 5.94. The monoisotopic (exact) mass is 333 g/mol. The number of rotatable bonds is 3. The Balaban J connectivity index is 1.62. The van der Waals surface area contributed by atoms with Crippen molar-refractivity contribution in [2.45, 2.75) is 19.9 Å².